The van der Waals surface area contributed by atoms with Gasteiger partial charge in [0.25, 0.3) is 0 Å². The number of hydrogen-bond acceptors (Lipinski definition) is 4. The fourth-order valence-corrected chi connectivity index (χ4v) is 3.80. The van der Waals surface area contributed by atoms with Gasteiger partial charge in [-0.15, -0.1) is 0 Å². The van der Waals surface area contributed by atoms with Crippen LogP contribution in [0.3, 0.4) is 0 Å². The second kappa shape index (κ2) is 12.3. The van der Waals surface area contributed by atoms with Crippen LogP contribution in [0.15, 0.2) is 11.6 Å². The standard InChI is InChI=1S/C22H38N4O4/c1-7-17(8-2)24-21(29)18-10-9-11-26(18)22(30)16(5)12-19(15(3)4)25(6)20(28)13-23-14-27/h12,14-15,17-19H,7-11,13H2,1-6H3,(H,23,27)(H,24,29)/b16-12+/t18-,19+/m0/s1. The van der Waals surface area contributed by atoms with Crippen molar-refractivity contribution in [1.82, 2.24) is 20.4 Å². The van der Waals surface area contributed by atoms with Crippen LogP contribution in [0.1, 0.15) is 60.3 Å². The molecule has 1 fully saturated rings. The lowest BCUT2D eigenvalue weighted by atomic mass is 9.99. The molecule has 2 atom stereocenters. The summed E-state index contributed by atoms with van der Waals surface area (Å²) < 4.78 is 0. The molecule has 0 aromatic carbocycles. The minimum atomic E-state index is -0.449. The number of carbonyl (C=O) groups is 4. The third kappa shape index (κ3) is 6.85. The van der Waals surface area contributed by atoms with Crippen molar-refractivity contribution in [3.8, 4) is 0 Å². The number of nitrogens with zero attached hydrogens (tertiary/aromatic N) is 2. The monoisotopic (exact) mass is 422 g/mol. The van der Waals surface area contributed by atoms with Crippen LogP contribution in [-0.4, -0.2) is 72.2 Å². The molecule has 0 spiro atoms. The van der Waals surface area contributed by atoms with Gasteiger partial charge >= 0.3 is 0 Å². The summed E-state index contributed by atoms with van der Waals surface area (Å²) >= 11 is 0. The van der Waals surface area contributed by atoms with Crippen molar-refractivity contribution in [2.45, 2.75) is 78.4 Å². The fraction of sp³-hybridized carbons (Fsp3) is 0.727. The van der Waals surface area contributed by atoms with E-state index < -0.39 is 6.04 Å². The molecule has 30 heavy (non-hydrogen) atoms. The molecule has 1 aliphatic rings. The van der Waals surface area contributed by atoms with E-state index in [-0.39, 0.29) is 42.3 Å². The first kappa shape index (κ1) is 25.7. The summed E-state index contributed by atoms with van der Waals surface area (Å²) in [5, 5.41) is 5.43. The lowest BCUT2D eigenvalue weighted by molar-refractivity contribution is -0.136. The van der Waals surface area contributed by atoms with Crippen LogP contribution in [-0.2, 0) is 19.2 Å². The van der Waals surface area contributed by atoms with E-state index in [4.69, 9.17) is 0 Å². The summed E-state index contributed by atoms with van der Waals surface area (Å²) in [6, 6.07) is -0.624. The first-order chi connectivity index (χ1) is 14.2. The Labute approximate surface area is 180 Å². The molecule has 0 bridgehead atoms. The average molecular weight is 423 g/mol. The van der Waals surface area contributed by atoms with Crippen molar-refractivity contribution in [3.05, 3.63) is 11.6 Å². The lowest BCUT2D eigenvalue weighted by Crippen LogP contribution is -2.49. The first-order valence-corrected chi connectivity index (χ1v) is 10.9. The van der Waals surface area contributed by atoms with E-state index in [1.54, 1.807) is 29.8 Å². The van der Waals surface area contributed by atoms with Crippen molar-refractivity contribution < 1.29 is 19.2 Å². The molecule has 0 aromatic rings. The number of rotatable bonds is 11. The van der Waals surface area contributed by atoms with Crippen molar-refractivity contribution in [1.29, 1.82) is 0 Å². The van der Waals surface area contributed by atoms with Crippen molar-refractivity contribution in [2.24, 2.45) is 5.92 Å². The maximum absolute atomic E-state index is 13.1. The number of hydrogen-bond donors (Lipinski definition) is 2. The van der Waals surface area contributed by atoms with Crippen molar-refractivity contribution in [2.75, 3.05) is 20.1 Å². The predicted octanol–water partition coefficient (Wildman–Crippen LogP) is 1.46. The Kier molecular flexibility index (Phi) is 10.6. The summed E-state index contributed by atoms with van der Waals surface area (Å²) in [5.41, 5.74) is 0.513. The molecular weight excluding hydrogens is 384 g/mol. The smallest absolute Gasteiger partial charge is 0.249 e. The van der Waals surface area contributed by atoms with Gasteiger partial charge in [0.15, 0.2) is 0 Å². The Bertz CT molecular complexity index is 643. The minimum absolute atomic E-state index is 0.0745. The van der Waals surface area contributed by atoms with E-state index in [1.165, 1.54) is 0 Å². The number of likely N-dealkylation sites (N-methyl/N-ethyl adjacent to an activating group) is 1. The summed E-state index contributed by atoms with van der Waals surface area (Å²) in [6.07, 6.45) is 5.45. The Morgan fingerprint density at radius 2 is 1.83 bits per heavy atom. The molecule has 1 heterocycles. The number of likely N-dealkylation sites (tertiary alicyclic amines) is 1. The number of carbonyl (C=O) groups excluding carboxylic acids is 4. The molecule has 8 heteroatoms. The van der Waals surface area contributed by atoms with Gasteiger partial charge in [-0.1, -0.05) is 33.8 Å². The summed E-state index contributed by atoms with van der Waals surface area (Å²) in [6.45, 7) is 10.2. The molecule has 170 valence electrons. The normalized spacial score (nSPS) is 17.8. The van der Waals surface area contributed by atoms with Crippen molar-refractivity contribution >= 4 is 24.1 Å². The largest absolute Gasteiger partial charge is 0.352 e. The molecule has 0 aromatic heterocycles. The van der Waals surface area contributed by atoms with Gasteiger partial charge in [0.1, 0.15) is 6.04 Å². The zero-order valence-corrected chi connectivity index (χ0v) is 19.2. The Balaban J connectivity index is 2.95. The second-order valence-electron chi connectivity index (χ2n) is 8.27. The predicted molar refractivity (Wildman–Crippen MR) is 116 cm³/mol. The fourth-order valence-electron chi connectivity index (χ4n) is 3.80. The Morgan fingerprint density at radius 3 is 2.37 bits per heavy atom. The van der Waals surface area contributed by atoms with Crippen LogP contribution in [0, 0.1) is 5.92 Å². The zero-order valence-electron chi connectivity index (χ0n) is 19.2. The molecule has 8 nitrogen and oxygen atoms in total. The van der Waals surface area contributed by atoms with Gasteiger partial charge in [0.05, 0.1) is 12.6 Å². The molecule has 0 saturated carbocycles. The lowest BCUT2D eigenvalue weighted by Gasteiger charge is -2.30. The highest BCUT2D eigenvalue weighted by Crippen LogP contribution is 2.22. The van der Waals surface area contributed by atoms with E-state index in [0.717, 1.165) is 19.3 Å². The molecular formula is C22H38N4O4. The highest BCUT2D eigenvalue weighted by atomic mass is 16.2. The van der Waals surface area contributed by atoms with Gasteiger partial charge < -0.3 is 20.4 Å². The molecule has 4 amide bonds. The van der Waals surface area contributed by atoms with Crippen molar-refractivity contribution in [3.63, 3.8) is 0 Å². The summed E-state index contributed by atoms with van der Waals surface area (Å²) in [5.74, 6) is -0.420. The molecule has 2 N–H and O–H groups in total. The zero-order chi connectivity index (χ0) is 22.8. The number of nitrogens with one attached hydrogen (secondary N) is 2. The van der Waals surface area contributed by atoms with Crippen LogP contribution in [0.4, 0.5) is 0 Å². The van der Waals surface area contributed by atoms with E-state index >= 15 is 0 Å². The van der Waals surface area contributed by atoms with Crippen LogP contribution in [0.2, 0.25) is 0 Å². The minimum Gasteiger partial charge on any atom is -0.352 e. The second-order valence-corrected chi connectivity index (χ2v) is 8.27. The summed E-state index contributed by atoms with van der Waals surface area (Å²) in [7, 11) is 1.66. The molecule has 1 saturated heterocycles. The average Bonchev–Trinajstić information content (AvgIpc) is 3.22. The number of amides is 4. The van der Waals surface area contributed by atoms with Crippen LogP contribution >= 0.6 is 0 Å². The third-order valence-electron chi connectivity index (χ3n) is 5.77. The Hall–Kier alpha value is -2.38. The quantitative estimate of drug-likeness (QED) is 0.389. The molecule has 0 aliphatic carbocycles. The van der Waals surface area contributed by atoms with E-state index in [2.05, 4.69) is 10.6 Å². The van der Waals surface area contributed by atoms with Gasteiger partial charge in [-0.2, -0.15) is 0 Å². The highest BCUT2D eigenvalue weighted by molar-refractivity contribution is 5.97. The molecule has 1 rings (SSSR count). The Morgan fingerprint density at radius 1 is 1.20 bits per heavy atom. The van der Waals surface area contributed by atoms with Crippen LogP contribution in [0.25, 0.3) is 0 Å². The SMILES string of the molecule is CCC(CC)NC(=O)[C@@H]1CCCN1C(=O)/C(C)=C/[C@H](C(C)C)N(C)C(=O)CNC=O. The van der Waals surface area contributed by atoms with Gasteiger partial charge in [-0.3, -0.25) is 19.2 Å². The van der Waals surface area contributed by atoms with E-state index in [1.807, 2.05) is 27.7 Å². The van der Waals surface area contributed by atoms with Crippen LogP contribution < -0.4 is 10.6 Å². The molecule has 1 aliphatic heterocycles. The van der Waals surface area contributed by atoms with E-state index in [0.29, 0.717) is 24.9 Å². The van der Waals surface area contributed by atoms with E-state index in [9.17, 15) is 19.2 Å². The summed E-state index contributed by atoms with van der Waals surface area (Å²) in [4.78, 5) is 51.8. The third-order valence-corrected chi connectivity index (χ3v) is 5.77. The highest BCUT2D eigenvalue weighted by Gasteiger charge is 2.35. The van der Waals surface area contributed by atoms with Crippen LogP contribution in [0.5, 0.6) is 0 Å². The van der Waals surface area contributed by atoms with Gasteiger partial charge in [0, 0.05) is 25.2 Å². The molecule has 0 unspecified atom stereocenters. The van der Waals surface area contributed by atoms with Gasteiger partial charge in [-0.05, 0) is 38.5 Å². The maximum atomic E-state index is 13.1. The van der Waals surface area contributed by atoms with Gasteiger partial charge in [0.2, 0.25) is 24.1 Å². The maximum Gasteiger partial charge on any atom is 0.249 e. The van der Waals surface area contributed by atoms with Gasteiger partial charge in [-0.25, -0.2) is 0 Å². The molecule has 0 radical (unpaired) electrons. The topological polar surface area (TPSA) is 98.8 Å². The first-order valence-electron chi connectivity index (χ1n) is 10.9.